The minimum absolute atomic E-state index is 0.0843. The zero-order chi connectivity index (χ0) is 18.1. The number of nitrogens with one attached hydrogen (secondary N) is 1. The van der Waals surface area contributed by atoms with Crippen molar-refractivity contribution in [2.75, 3.05) is 31.6 Å². The molecule has 25 heavy (non-hydrogen) atoms. The van der Waals surface area contributed by atoms with Crippen LogP contribution in [0, 0.1) is 6.92 Å². The third-order valence-electron chi connectivity index (χ3n) is 4.27. The van der Waals surface area contributed by atoms with E-state index >= 15 is 0 Å². The van der Waals surface area contributed by atoms with Crippen LogP contribution in [0.4, 0.5) is 5.69 Å². The molecule has 0 aliphatic heterocycles. The van der Waals surface area contributed by atoms with Gasteiger partial charge in [-0.05, 0) is 49.6 Å². The second-order valence-electron chi connectivity index (χ2n) is 6.08. The van der Waals surface area contributed by atoms with E-state index in [0.29, 0.717) is 13.0 Å². The Labute approximate surface area is 150 Å². The summed E-state index contributed by atoms with van der Waals surface area (Å²) in [5.41, 5.74) is 3.52. The number of carbonyl (C=O) groups excluding carboxylic acids is 1. The standard InChI is InChI=1S/C21H28N2O2/c1-4-23(19-10-7-8-17(2)16-19)15-13-21(24)22-14-12-18-9-5-6-11-20(18)25-3/h5-11,16H,4,12-15H2,1-3H3,(H,22,24). The lowest BCUT2D eigenvalue weighted by Crippen LogP contribution is -2.31. The molecular formula is C21H28N2O2. The predicted octanol–water partition coefficient (Wildman–Crippen LogP) is 3.58. The number of carbonyl (C=O) groups is 1. The molecule has 1 N–H and O–H groups in total. The van der Waals surface area contributed by atoms with Gasteiger partial charge in [0.2, 0.25) is 5.91 Å². The van der Waals surface area contributed by atoms with Crippen molar-refractivity contribution in [1.29, 1.82) is 0 Å². The monoisotopic (exact) mass is 340 g/mol. The largest absolute Gasteiger partial charge is 0.496 e. The number of amides is 1. The number of aryl methyl sites for hydroxylation is 1. The van der Waals surface area contributed by atoms with E-state index in [2.05, 4.69) is 48.3 Å². The van der Waals surface area contributed by atoms with Gasteiger partial charge < -0.3 is 15.0 Å². The summed E-state index contributed by atoms with van der Waals surface area (Å²) in [6.45, 7) is 6.43. The Balaban J connectivity index is 1.78. The first-order valence-corrected chi connectivity index (χ1v) is 8.84. The smallest absolute Gasteiger partial charge is 0.221 e. The summed E-state index contributed by atoms with van der Waals surface area (Å²) in [5, 5.41) is 3.00. The van der Waals surface area contributed by atoms with Crippen LogP contribution in [0.5, 0.6) is 5.75 Å². The maximum Gasteiger partial charge on any atom is 0.221 e. The highest BCUT2D eigenvalue weighted by atomic mass is 16.5. The molecule has 0 aliphatic rings. The molecule has 4 heteroatoms. The summed E-state index contributed by atoms with van der Waals surface area (Å²) < 4.78 is 5.34. The van der Waals surface area contributed by atoms with E-state index in [1.807, 2.05) is 24.3 Å². The van der Waals surface area contributed by atoms with Crippen molar-refractivity contribution in [3.63, 3.8) is 0 Å². The Hall–Kier alpha value is -2.49. The number of hydrogen-bond donors (Lipinski definition) is 1. The number of methoxy groups -OCH3 is 1. The maximum absolute atomic E-state index is 12.1. The van der Waals surface area contributed by atoms with Gasteiger partial charge in [0.15, 0.2) is 0 Å². The number of benzene rings is 2. The summed E-state index contributed by atoms with van der Waals surface area (Å²) in [7, 11) is 1.67. The van der Waals surface area contributed by atoms with Crippen LogP contribution >= 0.6 is 0 Å². The van der Waals surface area contributed by atoms with Crippen molar-refractivity contribution in [1.82, 2.24) is 5.32 Å². The van der Waals surface area contributed by atoms with Crippen molar-refractivity contribution in [3.8, 4) is 5.75 Å². The highest BCUT2D eigenvalue weighted by Crippen LogP contribution is 2.17. The normalized spacial score (nSPS) is 10.4. The van der Waals surface area contributed by atoms with Gasteiger partial charge in [-0.25, -0.2) is 0 Å². The van der Waals surface area contributed by atoms with Crippen molar-refractivity contribution >= 4 is 11.6 Å². The van der Waals surface area contributed by atoms with Crippen molar-refractivity contribution in [2.45, 2.75) is 26.7 Å². The van der Waals surface area contributed by atoms with Gasteiger partial charge >= 0.3 is 0 Å². The molecule has 0 spiro atoms. The molecule has 0 radical (unpaired) electrons. The van der Waals surface area contributed by atoms with Gasteiger partial charge in [0, 0.05) is 31.7 Å². The van der Waals surface area contributed by atoms with Crippen molar-refractivity contribution in [2.24, 2.45) is 0 Å². The van der Waals surface area contributed by atoms with Crippen LogP contribution in [0.1, 0.15) is 24.5 Å². The topological polar surface area (TPSA) is 41.6 Å². The summed E-state index contributed by atoms with van der Waals surface area (Å²) in [6.07, 6.45) is 1.26. The van der Waals surface area contributed by atoms with E-state index in [1.54, 1.807) is 7.11 Å². The van der Waals surface area contributed by atoms with E-state index in [0.717, 1.165) is 30.8 Å². The number of hydrogen-bond acceptors (Lipinski definition) is 3. The van der Waals surface area contributed by atoms with Crippen LogP contribution in [0.3, 0.4) is 0 Å². The van der Waals surface area contributed by atoms with Crippen LogP contribution < -0.4 is 15.0 Å². The third kappa shape index (κ3) is 5.82. The van der Waals surface area contributed by atoms with Gasteiger partial charge in [-0.15, -0.1) is 0 Å². The molecule has 4 nitrogen and oxygen atoms in total. The van der Waals surface area contributed by atoms with Crippen molar-refractivity contribution < 1.29 is 9.53 Å². The highest BCUT2D eigenvalue weighted by molar-refractivity contribution is 5.76. The minimum atomic E-state index is 0.0843. The highest BCUT2D eigenvalue weighted by Gasteiger charge is 2.08. The first-order chi connectivity index (χ1) is 12.1. The molecule has 0 saturated heterocycles. The molecule has 0 aliphatic carbocycles. The van der Waals surface area contributed by atoms with Crippen LogP contribution in [0.2, 0.25) is 0 Å². The number of para-hydroxylation sites is 1. The number of anilines is 1. The fraction of sp³-hybridized carbons (Fsp3) is 0.381. The summed E-state index contributed by atoms with van der Waals surface area (Å²) >= 11 is 0. The number of ether oxygens (including phenoxy) is 1. The fourth-order valence-electron chi connectivity index (χ4n) is 2.87. The molecule has 2 aromatic carbocycles. The van der Waals surface area contributed by atoms with Crippen molar-refractivity contribution in [3.05, 3.63) is 59.7 Å². The maximum atomic E-state index is 12.1. The summed E-state index contributed by atoms with van der Waals surface area (Å²) in [6, 6.07) is 16.3. The average Bonchev–Trinajstić information content (AvgIpc) is 2.63. The third-order valence-corrected chi connectivity index (χ3v) is 4.27. The van der Waals surface area contributed by atoms with E-state index in [1.165, 1.54) is 11.3 Å². The first kappa shape index (κ1) is 18.8. The molecule has 0 aromatic heterocycles. The predicted molar refractivity (Wildman–Crippen MR) is 103 cm³/mol. The molecular weight excluding hydrogens is 312 g/mol. The molecule has 1 amide bonds. The van der Waals surface area contributed by atoms with Gasteiger partial charge in [0.05, 0.1) is 7.11 Å². The number of nitrogens with zero attached hydrogens (tertiary/aromatic N) is 1. The van der Waals surface area contributed by atoms with E-state index in [-0.39, 0.29) is 5.91 Å². The molecule has 0 fully saturated rings. The Bertz CT molecular complexity index is 685. The number of rotatable bonds is 9. The summed E-state index contributed by atoms with van der Waals surface area (Å²) in [4.78, 5) is 14.4. The Morgan fingerprint density at radius 2 is 1.96 bits per heavy atom. The second-order valence-corrected chi connectivity index (χ2v) is 6.08. The minimum Gasteiger partial charge on any atom is -0.496 e. The lowest BCUT2D eigenvalue weighted by atomic mass is 10.1. The Morgan fingerprint density at radius 1 is 1.16 bits per heavy atom. The van der Waals surface area contributed by atoms with Gasteiger partial charge in [-0.1, -0.05) is 30.3 Å². The van der Waals surface area contributed by atoms with Gasteiger partial charge in [-0.3, -0.25) is 4.79 Å². The lowest BCUT2D eigenvalue weighted by Gasteiger charge is -2.23. The van der Waals surface area contributed by atoms with Gasteiger partial charge in [-0.2, -0.15) is 0 Å². The molecule has 0 bridgehead atoms. The molecule has 2 aromatic rings. The fourth-order valence-corrected chi connectivity index (χ4v) is 2.87. The van der Waals surface area contributed by atoms with Crippen LogP contribution in [-0.2, 0) is 11.2 Å². The van der Waals surface area contributed by atoms with E-state index in [4.69, 9.17) is 4.74 Å². The van der Waals surface area contributed by atoms with E-state index < -0.39 is 0 Å². The molecule has 0 atom stereocenters. The van der Waals surface area contributed by atoms with Gasteiger partial charge in [0.1, 0.15) is 5.75 Å². The van der Waals surface area contributed by atoms with E-state index in [9.17, 15) is 4.79 Å². The Morgan fingerprint density at radius 3 is 2.68 bits per heavy atom. The molecule has 0 heterocycles. The molecule has 0 unspecified atom stereocenters. The molecule has 0 saturated carbocycles. The molecule has 2 rings (SSSR count). The summed E-state index contributed by atoms with van der Waals surface area (Å²) in [5.74, 6) is 0.953. The second kappa shape index (κ2) is 9.72. The van der Waals surface area contributed by atoms with Gasteiger partial charge in [0.25, 0.3) is 0 Å². The average molecular weight is 340 g/mol. The van der Waals surface area contributed by atoms with Crippen LogP contribution in [0.15, 0.2) is 48.5 Å². The molecule has 134 valence electrons. The zero-order valence-electron chi connectivity index (χ0n) is 15.4. The van der Waals surface area contributed by atoms with Crippen LogP contribution in [-0.4, -0.2) is 32.7 Å². The lowest BCUT2D eigenvalue weighted by molar-refractivity contribution is -0.120. The zero-order valence-corrected chi connectivity index (χ0v) is 15.4. The van der Waals surface area contributed by atoms with Crippen LogP contribution in [0.25, 0.3) is 0 Å². The SMILES string of the molecule is CCN(CCC(=O)NCCc1ccccc1OC)c1cccc(C)c1. The quantitative estimate of drug-likeness (QED) is 0.759. The first-order valence-electron chi connectivity index (χ1n) is 8.84. The Kier molecular flexibility index (Phi) is 7.33.